The third-order valence-corrected chi connectivity index (χ3v) is 4.85. The van der Waals surface area contributed by atoms with E-state index in [1.54, 1.807) is 25.1 Å². The van der Waals surface area contributed by atoms with E-state index in [1.165, 1.54) is 6.20 Å². The van der Waals surface area contributed by atoms with E-state index in [0.29, 0.717) is 17.1 Å². The molecule has 1 aromatic carbocycles. The quantitative estimate of drug-likeness (QED) is 0.891. The smallest absolute Gasteiger partial charge is 0.244 e. The normalized spacial score (nSPS) is 13.3. The molecule has 1 heterocycles. The molecule has 108 valence electrons. The predicted molar refractivity (Wildman–Crippen MR) is 78.1 cm³/mol. The first-order valence-electron chi connectivity index (χ1n) is 6.22. The van der Waals surface area contributed by atoms with Crippen molar-refractivity contribution >= 4 is 21.6 Å². The fourth-order valence-electron chi connectivity index (χ4n) is 1.97. The van der Waals surface area contributed by atoms with Crippen LogP contribution in [0.5, 0.6) is 0 Å². The first kappa shape index (κ1) is 15.0. The number of rotatable bonds is 5. The summed E-state index contributed by atoms with van der Waals surface area (Å²) in [5.41, 5.74) is 1.35. The molecule has 0 radical (unpaired) electrons. The Kier molecular flexibility index (Phi) is 4.47. The topological polar surface area (TPSA) is 74.8 Å². The molecule has 2 N–H and O–H groups in total. The number of aromatic amines is 1. The molecule has 0 saturated heterocycles. The van der Waals surface area contributed by atoms with E-state index in [2.05, 4.69) is 14.9 Å². The lowest BCUT2D eigenvalue weighted by molar-refractivity contribution is 0.549. The van der Waals surface area contributed by atoms with Crippen LogP contribution in [0.2, 0.25) is 5.02 Å². The van der Waals surface area contributed by atoms with Crippen LogP contribution < -0.4 is 4.72 Å². The number of hydrogen-bond acceptors (Lipinski definition) is 3. The van der Waals surface area contributed by atoms with Gasteiger partial charge in [-0.2, -0.15) is 5.10 Å². The van der Waals surface area contributed by atoms with Gasteiger partial charge in [0.05, 0.1) is 11.9 Å². The van der Waals surface area contributed by atoms with Gasteiger partial charge in [0, 0.05) is 11.1 Å². The van der Waals surface area contributed by atoms with E-state index in [-0.39, 0.29) is 10.9 Å². The number of halogens is 1. The first-order chi connectivity index (χ1) is 9.44. The minimum atomic E-state index is -3.61. The van der Waals surface area contributed by atoms with Gasteiger partial charge >= 0.3 is 0 Å². The second-order valence-corrected chi connectivity index (χ2v) is 6.62. The molecule has 0 spiro atoms. The SMILES string of the molecule is CCC(NS(=O)(=O)c1cn[nH]c1C)c1cccc(Cl)c1. The van der Waals surface area contributed by atoms with Gasteiger partial charge in [0.2, 0.25) is 10.0 Å². The molecule has 7 heteroatoms. The maximum absolute atomic E-state index is 12.3. The molecule has 0 saturated carbocycles. The highest BCUT2D eigenvalue weighted by atomic mass is 35.5. The highest BCUT2D eigenvalue weighted by Gasteiger charge is 2.23. The molecule has 0 bridgehead atoms. The number of sulfonamides is 1. The molecule has 0 amide bonds. The minimum absolute atomic E-state index is 0.165. The van der Waals surface area contributed by atoms with Gasteiger partial charge < -0.3 is 0 Å². The van der Waals surface area contributed by atoms with Crippen molar-refractivity contribution in [3.8, 4) is 0 Å². The van der Waals surface area contributed by atoms with Crippen LogP contribution in [-0.4, -0.2) is 18.6 Å². The van der Waals surface area contributed by atoms with Crippen LogP contribution in [0.4, 0.5) is 0 Å². The molecule has 0 fully saturated rings. The minimum Gasteiger partial charge on any atom is -0.281 e. The van der Waals surface area contributed by atoms with Crippen LogP contribution >= 0.6 is 11.6 Å². The largest absolute Gasteiger partial charge is 0.281 e. The van der Waals surface area contributed by atoms with Crippen LogP contribution in [-0.2, 0) is 10.0 Å². The number of hydrogen-bond donors (Lipinski definition) is 2. The zero-order valence-electron chi connectivity index (χ0n) is 11.2. The zero-order chi connectivity index (χ0) is 14.8. The Balaban J connectivity index is 2.29. The van der Waals surface area contributed by atoms with Crippen LogP contribution in [0.15, 0.2) is 35.4 Å². The summed E-state index contributed by atoms with van der Waals surface area (Å²) in [6, 6.07) is 6.85. The number of H-pyrrole nitrogens is 1. The monoisotopic (exact) mass is 313 g/mol. The average Bonchev–Trinajstić information content (AvgIpc) is 2.83. The van der Waals surface area contributed by atoms with E-state index in [1.807, 2.05) is 13.0 Å². The van der Waals surface area contributed by atoms with Gasteiger partial charge in [-0.15, -0.1) is 0 Å². The summed E-state index contributed by atoms with van der Waals surface area (Å²) in [5, 5.41) is 6.95. The van der Waals surface area contributed by atoms with Gasteiger partial charge in [0.25, 0.3) is 0 Å². The second kappa shape index (κ2) is 5.95. The van der Waals surface area contributed by atoms with Gasteiger partial charge in [0.15, 0.2) is 0 Å². The second-order valence-electron chi connectivity index (χ2n) is 4.50. The van der Waals surface area contributed by atoms with Crippen molar-refractivity contribution < 1.29 is 8.42 Å². The van der Waals surface area contributed by atoms with Gasteiger partial charge in [-0.25, -0.2) is 13.1 Å². The summed E-state index contributed by atoms with van der Waals surface area (Å²) >= 11 is 5.95. The Morgan fingerprint density at radius 3 is 2.75 bits per heavy atom. The number of benzene rings is 1. The molecule has 0 aliphatic heterocycles. The fourth-order valence-corrected chi connectivity index (χ4v) is 3.61. The molecule has 2 rings (SSSR count). The third-order valence-electron chi connectivity index (χ3n) is 3.03. The number of nitrogens with one attached hydrogen (secondary N) is 2. The fraction of sp³-hybridized carbons (Fsp3) is 0.308. The maximum Gasteiger partial charge on any atom is 0.244 e. The van der Waals surface area contributed by atoms with E-state index < -0.39 is 10.0 Å². The summed E-state index contributed by atoms with van der Waals surface area (Å²) in [5.74, 6) is 0. The number of aromatic nitrogens is 2. The van der Waals surface area contributed by atoms with E-state index in [9.17, 15) is 8.42 Å². The summed E-state index contributed by atoms with van der Waals surface area (Å²) in [7, 11) is -3.61. The standard InChI is InChI=1S/C13H16ClN3O2S/c1-3-12(10-5-4-6-11(14)7-10)17-20(18,19)13-8-15-16-9(13)2/h4-8,12,17H,3H2,1-2H3,(H,15,16). The molecule has 1 aromatic heterocycles. The lowest BCUT2D eigenvalue weighted by Gasteiger charge is -2.17. The Bertz CT molecular complexity index is 697. The Hall–Kier alpha value is -1.37. The van der Waals surface area contributed by atoms with Gasteiger partial charge in [-0.3, -0.25) is 5.10 Å². The molecule has 0 aliphatic carbocycles. The molecule has 1 unspecified atom stereocenters. The van der Waals surface area contributed by atoms with Crippen LogP contribution in [0, 0.1) is 6.92 Å². The van der Waals surface area contributed by atoms with Crippen molar-refractivity contribution in [2.45, 2.75) is 31.2 Å². The van der Waals surface area contributed by atoms with Crippen LogP contribution in [0.1, 0.15) is 30.6 Å². The lowest BCUT2D eigenvalue weighted by atomic mass is 10.1. The van der Waals surface area contributed by atoms with E-state index in [4.69, 9.17) is 11.6 Å². The Labute approximate surface area is 123 Å². The van der Waals surface area contributed by atoms with Crippen molar-refractivity contribution in [1.82, 2.24) is 14.9 Å². The molecule has 20 heavy (non-hydrogen) atoms. The van der Waals surface area contributed by atoms with Gasteiger partial charge in [-0.1, -0.05) is 30.7 Å². The molecule has 1 atom stereocenters. The van der Waals surface area contributed by atoms with Crippen molar-refractivity contribution in [3.05, 3.63) is 46.7 Å². The highest BCUT2D eigenvalue weighted by Crippen LogP contribution is 2.23. The molecule has 5 nitrogen and oxygen atoms in total. The highest BCUT2D eigenvalue weighted by molar-refractivity contribution is 7.89. The average molecular weight is 314 g/mol. The molecule has 2 aromatic rings. The number of nitrogens with zero attached hydrogens (tertiary/aromatic N) is 1. The summed E-state index contributed by atoms with van der Waals surface area (Å²) < 4.78 is 27.4. The number of aryl methyl sites for hydroxylation is 1. The van der Waals surface area contributed by atoms with Crippen molar-refractivity contribution in [1.29, 1.82) is 0 Å². The van der Waals surface area contributed by atoms with Crippen molar-refractivity contribution in [3.63, 3.8) is 0 Å². The first-order valence-corrected chi connectivity index (χ1v) is 8.08. The van der Waals surface area contributed by atoms with Gasteiger partial charge in [0.1, 0.15) is 4.90 Å². The van der Waals surface area contributed by atoms with Crippen molar-refractivity contribution in [2.24, 2.45) is 0 Å². The van der Waals surface area contributed by atoms with E-state index in [0.717, 1.165) is 5.56 Å². The summed E-state index contributed by atoms with van der Waals surface area (Å²) in [6.07, 6.45) is 1.93. The van der Waals surface area contributed by atoms with Crippen LogP contribution in [0.3, 0.4) is 0 Å². The summed E-state index contributed by atoms with van der Waals surface area (Å²) in [6.45, 7) is 3.58. The lowest BCUT2D eigenvalue weighted by Crippen LogP contribution is -2.28. The molecular formula is C13H16ClN3O2S. The van der Waals surface area contributed by atoms with Crippen molar-refractivity contribution in [2.75, 3.05) is 0 Å². The zero-order valence-corrected chi connectivity index (χ0v) is 12.8. The molecule has 0 aliphatic rings. The summed E-state index contributed by atoms with van der Waals surface area (Å²) in [4.78, 5) is 0.165. The van der Waals surface area contributed by atoms with Gasteiger partial charge in [-0.05, 0) is 31.0 Å². The maximum atomic E-state index is 12.3. The third kappa shape index (κ3) is 3.20. The molecular weight excluding hydrogens is 298 g/mol. The Morgan fingerprint density at radius 1 is 1.45 bits per heavy atom. The Morgan fingerprint density at radius 2 is 2.20 bits per heavy atom. The van der Waals surface area contributed by atoms with E-state index >= 15 is 0 Å². The predicted octanol–water partition coefficient (Wildman–Crippen LogP) is 2.80. The van der Waals surface area contributed by atoms with Crippen LogP contribution in [0.25, 0.3) is 0 Å².